The van der Waals surface area contributed by atoms with Crippen LogP contribution in [-0.2, 0) is 0 Å². The minimum absolute atomic E-state index is 0.232. The van der Waals surface area contributed by atoms with Gasteiger partial charge in [-0.3, -0.25) is 5.01 Å². The highest BCUT2D eigenvalue weighted by Crippen LogP contribution is 2.36. The molecule has 4 heteroatoms. The molecule has 0 radical (unpaired) electrons. The average Bonchev–Trinajstić information content (AvgIpc) is 3.05. The van der Waals surface area contributed by atoms with Crippen molar-refractivity contribution in [1.29, 1.82) is 0 Å². The van der Waals surface area contributed by atoms with Crippen LogP contribution in [0.15, 0.2) is 59.7 Å². The molecule has 2 aromatic carbocycles. The van der Waals surface area contributed by atoms with E-state index in [0.29, 0.717) is 6.54 Å². The van der Waals surface area contributed by atoms with Gasteiger partial charge >= 0.3 is 0 Å². The lowest BCUT2D eigenvalue weighted by molar-refractivity contribution is 0.317. The van der Waals surface area contributed by atoms with Crippen LogP contribution in [0, 0.1) is 0 Å². The lowest BCUT2D eigenvalue weighted by atomic mass is 10.0. The fraction of sp³-hybridized carbons (Fsp3) is 0.350. The van der Waals surface area contributed by atoms with Crippen LogP contribution in [0.3, 0.4) is 0 Å². The molecule has 1 atom stereocenters. The topological polar surface area (TPSA) is 50.8 Å². The maximum atomic E-state index is 5.73. The second-order valence-corrected chi connectivity index (χ2v) is 6.02. The molecule has 24 heavy (non-hydrogen) atoms. The van der Waals surface area contributed by atoms with Crippen LogP contribution >= 0.6 is 0 Å². The Morgan fingerprint density at radius 1 is 1.12 bits per heavy atom. The van der Waals surface area contributed by atoms with Gasteiger partial charge in [-0.15, -0.1) is 0 Å². The standard InChI is InChI=1S/C20H25N3O/c1-2-14-24-19-10-8-18(9-11-19)23-20(15-17(22-23)12-13-21)16-6-4-3-5-7-16/h3-11,20H,2,12-15,21H2,1H3. The summed E-state index contributed by atoms with van der Waals surface area (Å²) in [5, 5.41) is 6.94. The second-order valence-electron chi connectivity index (χ2n) is 6.02. The molecule has 1 aliphatic heterocycles. The van der Waals surface area contributed by atoms with E-state index in [-0.39, 0.29) is 6.04 Å². The fourth-order valence-corrected chi connectivity index (χ4v) is 2.98. The third kappa shape index (κ3) is 3.77. The lowest BCUT2D eigenvalue weighted by Gasteiger charge is -2.24. The summed E-state index contributed by atoms with van der Waals surface area (Å²) >= 11 is 0. The van der Waals surface area contributed by atoms with E-state index >= 15 is 0 Å². The molecule has 0 aromatic heterocycles. The van der Waals surface area contributed by atoms with Crippen molar-refractivity contribution in [3.63, 3.8) is 0 Å². The molecule has 0 fully saturated rings. The Morgan fingerprint density at radius 2 is 1.88 bits per heavy atom. The minimum atomic E-state index is 0.232. The highest BCUT2D eigenvalue weighted by Gasteiger charge is 2.28. The maximum Gasteiger partial charge on any atom is 0.119 e. The lowest BCUT2D eigenvalue weighted by Crippen LogP contribution is -2.18. The van der Waals surface area contributed by atoms with Gasteiger partial charge in [0.15, 0.2) is 0 Å². The molecule has 0 saturated heterocycles. The van der Waals surface area contributed by atoms with E-state index in [0.717, 1.165) is 43.0 Å². The van der Waals surface area contributed by atoms with Crippen LogP contribution in [-0.4, -0.2) is 18.9 Å². The summed E-state index contributed by atoms with van der Waals surface area (Å²) in [6, 6.07) is 19.0. The van der Waals surface area contributed by atoms with Crippen LogP contribution in [0.25, 0.3) is 0 Å². The van der Waals surface area contributed by atoms with Crippen molar-refractivity contribution in [2.75, 3.05) is 18.2 Å². The van der Waals surface area contributed by atoms with Gasteiger partial charge in [-0.05, 0) is 49.2 Å². The SMILES string of the molecule is CCCOc1ccc(N2N=C(CCN)CC2c2ccccc2)cc1. The van der Waals surface area contributed by atoms with E-state index in [1.165, 1.54) is 5.56 Å². The largest absolute Gasteiger partial charge is 0.494 e. The van der Waals surface area contributed by atoms with Crippen molar-refractivity contribution >= 4 is 11.4 Å². The Bertz CT molecular complexity index is 667. The first-order valence-corrected chi connectivity index (χ1v) is 8.65. The molecule has 0 aliphatic carbocycles. The number of anilines is 1. The van der Waals surface area contributed by atoms with E-state index in [2.05, 4.69) is 48.3 Å². The molecule has 1 unspecified atom stereocenters. The summed E-state index contributed by atoms with van der Waals surface area (Å²) in [5.41, 5.74) is 9.25. The zero-order chi connectivity index (χ0) is 16.8. The molecule has 0 bridgehead atoms. The molecule has 1 aliphatic rings. The van der Waals surface area contributed by atoms with Gasteiger partial charge < -0.3 is 10.5 Å². The number of ether oxygens (including phenoxy) is 1. The molecular weight excluding hydrogens is 298 g/mol. The Kier molecular flexibility index (Phi) is 5.49. The summed E-state index contributed by atoms with van der Waals surface area (Å²) < 4.78 is 5.67. The minimum Gasteiger partial charge on any atom is -0.494 e. The molecule has 1 heterocycles. The van der Waals surface area contributed by atoms with Gasteiger partial charge in [-0.1, -0.05) is 37.3 Å². The van der Waals surface area contributed by atoms with Crippen LogP contribution in [0.2, 0.25) is 0 Å². The van der Waals surface area contributed by atoms with E-state index in [9.17, 15) is 0 Å². The number of benzene rings is 2. The number of nitrogens with two attached hydrogens (primary N) is 1. The van der Waals surface area contributed by atoms with Crippen LogP contribution < -0.4 is 15.5 Å². The molecule has 3 rings (SSSR count). The first kappa shape index (κ1) is 16.5. The number of rotatable bonds is 7. The van der Waals surface area contributed by atoms with Crippen molar-refractivity contribution in [3.8, 4) is 5.75 Å². The summed E-state index contributed by atoms with van der Waals surface area (Å²) in [6.45, 7) is 3.49. The van der Waals surface area contributed by atoms with Gasteiger partial charge in [0.2, 0.25) is 0 Å². The zero-order valence-corrected chi connectivity index (χ0v) is 14.2. The van der Waals surface area contributed by atoms with Crippen molar-refractivity contribution in [3.05, 3.63) is 60.2 Å². The fourth-order valence-electron chi connectivity index (χ4n) is 2.98. The van der Waals surface area contributed by atoms with Crippen molar-refractivity contribution in [1.82, 2.24) is 0 Å². The number of hydrogen-bond acceptors (Lipinski definition) is 4. The van der Waals surface area contributed by atoms with Gasteiger partial charge in [0.25, 0.3) is 0 Å². The molecule has 0 spiro atoms. The average molecular weight is 323 g/mol. The van der Waals surface area contributed by atoms with Crippen LogP contribution in [0.1, 0.15) is 37.8 Å². The molecular formula is C20H25N3O. The monoisotopic (exact) mass is 323 g/mol. The predicted molar refractivity (Wildman–Crippen MR) is 99.6 cm³/mol. The van der Waals surface area contributed by atoms with Crippen molar-refractivity contribution < 1.29 is 4.74 Å². The van der Waals surface area contributed by atoms with Gasteiger partial charge in [-0.2, -0.15) is 5.10 Å². The predicted octanol–water partition coefficient (Wildman–Crippen LogP) is 4.13. The Hall–Kier alpha value is -2.33. The molecule has 0 saturated carbocycles. The summed E-state index contributed by atoms with van der Waals surface area (Å²) in [6.07, 6.45) is 2.78. The third-order valence-electron chi connectivity index (χ3n) is 4.16. The smallest absolute Gasteiger partial charge is 0.119 e. The molecule has 2 N–H and O–H groups in total. The Morgan fingerprint density at radius 3 is 2.54 bits per heavy atom. The van der Waals surface area contributed by atoms with Gasteiger partial charge in [0, 0.05) is 12.1 Å². The van der Waals surface area contributed by atoms with E-state index in [1.807, 2.05) is 18.2 Å². The summed E-state index contributed by atoms with van der Waals surface area (Å²) in [7, 11) is 0. The number of hydrazone groups is 1. The van der Waals surface area contributed by atoms with E-state index in [1.54, 1.807) is 0 Å². The molecule has 0 amide bonds. The first-order chi connectivity index (χ1) is 11.8. The van der Waals surface area contributed by atoms with Crippen LogP contribution in [0.4, 0.5) is 5.69 Å². The van der Waals surface area contributed by atoms with E-state index in [4.69, 9.17) is 15.6 Å². The maximum absolute atomic E-state index is 5.73. The van der Waals surface area contributed by atoms with Gasteiger partial charge in [0.1, 0.15) is 5.75 Å². The quantitative estimate of drug-likeness (QED) is 0.833. The second kappa shape index (κ2) is 7.97. The molecule has 4 nitrogen and oxygen atoms in total. The highest BCUT2D eigenvalue weighted by molar-refractivity contribution is 5.89. The number of nitrogens with zero attached hydrogens (tertiary/aromatic N) is 2. The summed E-state index contributed by atoms with van der Waals surface area (Å²) in [5.74, 6) is 0.905. The molecule has 126 valence electrons. The normalized spacial score (nSPS) is 17.0. The van der Waals surface area contributed by atoms with Crippen LogP contribution in [0.5, 0.6) is 5.75 Å². The van der Waals surface area contributed by atoms with Crippen molar-refractivity contribution in [2.45, 2.75) is 32.2 Å². The van der Waals surface area contributed by atoms with E-state index < -0.39 is 0 Å². The zero-order valence-electron chi connectivity index (χ0n) is 14.2. The third-order valence-corrected chi connectivity index (χ3v) is 4.16. The number of hydrogen-bond donors (Lipinski definition) is 1. The Balaban J connectivity index is 1.84. The van der Waals surface area contributed by atoms with Crippen molar-refractivity contribution in [2.24, 2.45) is 10.8 Å². The first-order valence-electron chi connectivity index (χ1n) is 8.65. The Labute approximate surface area is 143 Å². The molecule has 2 aromatic rings. The summed E-state index contributed by atoms with van der Waals surface area (Å²) in [4.78, 5) is 0. The van der Waals surface area contributed by atoms with Gasteiger partial charge in [-0.25, -0.2) is 0 Å². The highest BCUT2D eigenvalue weighted by atomic mass is 16.5. The van der Waals surface area contributed by atoms with Gasteiger partial charge in [0.05, 0.1) is 18.3 Å².